The van der Waals surface area contributed by atoms with Crippen LogP contribution in [-0.2, 0) is 5.41 Å². The van der Waals surface area contributed by atoms with Crippen molar-refractivity contribution in [1.29, 1.82) is 0 Å². The lowest BCUT2D eigenvalue weighted by atomic mass is 9.81. The van der Waals surface area contributed by atoms with Crippen LogP contribution in [0.15, 0.2) is 138 Å². The molecule has 1 aliphatic carbocycles. The van der Waals surface area contributed by atoms with Gasteiger partial charge < -0.3 is 14.4 Å². The number of fused-ring (bicyclic) bond motifs is 6. The Labute approximate surface area is 244 Å². The van der Waals surface area contributed by atoms with Crippen molar-refractivity contribution in [3.05, 3.63) is 145 Å². The van der Waals surface area contributed by atoms with Crippen molar-refractivity contribution in [2.24, 2.45) is 0 Å². The van der Waals surface area contributed by atoms with Gasteiger partial charge in [0.25, 0.3) is 0 Å². The number of hydrogen-bond acceptors (Lipinski definition) is 3. The number of nitrogens with zero attached hydrogens (tertiary/aromatic N) is 1. The molecule has 1 heterocycles. The molecule has 1 N–H and O–H groups in total. The van der Waals surface area contributed by atoms with Crippen LogP contribution in [0.4, 0.5) is 17.1 Å². The van der Waals surface area contributed by atoms with Gasteiger partial charge in [-0.25, -0.2) is 0 Å². The Morgan fingerprint density at radius 1 is 0.595 bits per heavy atom. The molecule has 0 fully saturated rings. The van der Waals surface area contributed by atoms with Gasteiger partial charge in [-0.15, -0.1) is 0 Å². The average Bonchev–Trinajstić information content (AvgIpc) is 3.53. The van der Waals surface area contributed by atoms with E-state index in [0.29, 0.717) is 5.75 Å². The molecule has 0 atom stereocenters. The molecule has 3 nitrogen and oxygen atoms in total. The first kappa shape index (κ1) is 24.5. The van der Waals surface area contributed by atoms with Crippen LogP contribution in [0, 0.1) is 0 Å². The van der Waals surface area contributed by atoms with Crippen molar-refractivity contribution >= 4 is 39.0 Å². The molecular weight excluding hydrogens is 514 g/mol. The fourth-order valence-corrected chi connectivity index (χ4v) is 6.80. The largest absolute Gasteiger partial charge is 0.507 e. The Hall–Kier alpha value is -5.28. The van der Waals surface area contributed by atoms with Crippen molar-refractivity contribution in [2.45, 2.75) is 19.3 Å². The molecule has 8 rings (SSSR count). The van der Waals surface area contributed by atoms with Crippen LogP contribution in [0.2, 0.25) is 0 Å². The van der Waals surface area contributed by atoms with Crippen LogP contribution >= 0.6 is 0 Å². The van der Waals surface area contributed by atoms with Crippen molar-refractivity contribution in [3.8, 4) is 28.0 Å². The third-order valence-electron chi connectivity index (χ3n) is 8.75. The van der Waals surface area contributed by atoms with Gasteiger partial charge in [-0.05, 0) is 64.2 Å². The van der Waals surface area contributed by atoms with Gasteiger partial charge in [-0.1, -0.05) is 111 Å². The van der Waals surface area contributed by atoms with Gasteiger partial charge in [0.05, 0.1) is 11.4 Å². The molecule has 6 aromatic carbocycles. The van der Waals surface area contributed by atoms with E-state index in [1.807, 2.05) is 36.4 Å². The highest BCUT2D eigenvalue weighted by molar-refractivity contribution is 6.10. The number of aromatic hydroxyl groups is 1. The second-order valence-electron chi connectivity index (χ2n) is 11.5. The summed E-state index contributed by atoms with van der Waals surface area (Å²) < 4.78 is 6.57. The van der Waals surface area contributed by atoms with E-state index in [0.717, 1.165) is 61.3 Å². The highest BCUT2D eigenvalue weighted by atomic mass is 16.3. The first-order valence-electron chi connectivity index (χ1n) is 14.3. The molecule has 202 valence electrons. The average molecular weight is 544 g/mol. The van der Waals surface area contributed by atoms with Crippen molar-refractivity contribution in [2.75, 3.05) is 4.90 Å². The van der Waals surface area contributed by atoms with E-state index in [-0.39, 0.29) is 5.41 Å². The molecule has 1 aromatic heterocycles. The lowest BCUT2D eigenvalue weighted by molar-refractivity contribution is 0.476. The summed E-state index contributed by atoms with van der Waals surface area (Å²) in [6.45, 7) is 4.50. The van der Waals surface area contributed by atoms with Crippen molar-refractivity contribution < 1.29 is 9.52 Å². The Bertz CT molecular complexity index is 2120. The Morgan fingerprint density at radius 2 is 1.29 bits per heavy atom. The van der Waals surface area contributed by atoms with Gasteiger partial charge in [-0.3, -0.25) is 0 Å². The van der Waals surface area contributed by atoms with Crippen molar-refractivity contribution in [3.63, 3.8) is 0 Å². The van der Waals surface area contributed by atoms with Gasteiger partial charge in [0.1, 0.15) is 11.3 Å². The molecule has 0 spiro atoms. The fourth-order valence-electron chi connectivity index (χ4n) is 6.80. The Kier molecular flexibility index (Phi) is 5.32. The lowest BCUT2D eigenvalue weighted by Crippen LogP contribution is -2.20. The third kappa shape index (κ3) is 3.53. The van der Waals surface area contributed by atoms with Crippen LogP contribution in [0.25, 0.3) is 44.2 Å². The van der Waals surface area contributed by atoms with E-state index in [2.05, 4.69) is 116 Å². The van der Waals surface area contributed by atoms with E-state index < -0.39 is 0 Å². The second kappa shape index (κ2) is 9.12. The minimum Gasteiger partial charge on any atom is -0.507 e. The van der Waals surface area contributed by atoms with Crippen LogP contribution in [0.5, 0.6) is 5.75 Å². The number of anilines is 3. The summed E-state index contributed by atoms with van der Waals surface area (Å²) in [6, 6.07) is 46.0. The van der Waals surface area contributed by atoms with Gasteiger partial charge in [0.15, 0.2) is 5.58 Å². The van der Waals surface area contributed by atoms with E-state index >= 15 is 0 Å². The van der Waals surface area contributed by atoms with Gasteiger partial charge >= 0.3 is 0 Å². The predicted molar refractivity (Wildman–Crippen MR) is 173 cm³/mol. The molecule has 1 aliphatic rings. The van der Waals surface area contributed by atoms with E-state index in [1.165, 1.54) is 11.1 Å². The highest BCUT2D eigenvalue weighted by Crippen LogP contribution is 2.57. The maximum absolute atomic E-state index is 11.3. The number of para-hydroxylation sites is 2. The number of phenolic OH excluding ortho intramolecular Hbond substituents is 1. The molecule has 3 heteroatoms. The summed E-state index contributed by atoms with van der Waals surface area (Å²) in [7, 11) is 0. The van der Waals surface area contributed by atoms with Crippen LogP contribution in [0.1, 0.15) is 25.0 Å². The molecule has 42 heavy (non-hydrogen) atoms. The molecule has 0 amide bonds. The Balaban J connectivity index is 1.42. The summed E-state index contributed by atoms with van der Waals surface area (Å²) >= 11 is 0. The number of rotatable bonds is 4. The fraction of sp³-hybridized carbons (Fsp3) is 0.0769. The predicted octanol–water partition coefficient (Wildman–Crippen LogP) is 10.7. The van der Waals surface area contributed by atoms with Crippen LogP contribution in [0.3, 0.4) is 0 Å². The summed E-state index contributed by atoms with van der Waals surface area (Å²) in [6.07, 6.45) is 0. The molecule has 0 bridgehead atoms. The maximum Gasteiger partial charge on any atom is 0.159 e. The number of benzene rings is 6. The molecule has 0 radical (unpaired) electrons. The normalized spacial score (nSPS) is 13.3. The van der Waals surface area contributed by atoms with Gasteiger partial charge in [0, 0.05) is 27.4 Å². The molecule has 0 aliphatic heterocycles. The monoisotopic (exact) mass is 543 g/mol. The molecule has 7 aromatic rings. The maximum atomic E-state index is 11.3. The minimum atomic E-state index is -0.329. The number of hydrogen-bond donors (Lipinski definition) is 1. The zero-order chi connectivity index (χ0) is 28.4. The first-order chi connectivity index (χ1) is 20.5. The van der Waals surface area contributed by atoms with E-state index in [4.69, 9.17) is 4.42 Å². The van der Waals surface area contributed by atoms with Crippen LogP contribution < -0.4 is 4.90 Å². The third-order valence-corrected chi connectivity index (χ3v) is 8.75. The standard InChI is InChI=1S/C39H29NO2/c1-39(2)31-16-8-6-14-30(31)36-34(41)24-23-32(37(36)39)40(27-21-19-26(20-22-27)25-11-4-3-5-12-25)33-17-10-15-29-28-13-7-9-18-35(28)42-38(29)33/h3-24,41H,1-2H3. The minimum absolute atomic E-state index is 0.299. The number of furan rings is 1. The van der Waals surface area contributed by atoms with Crippen LogP contribution in [-0.4, -0.2) is 5.11 Å². The molecule has 0 saturated carbocycles. The first-order valence-corrected chi connectivity index (χ1v) is 14.3. The topological polar surface area (TPSA) is 36.6 Å². The van der Waals surface area contributed by atoms with Crippen molar-refractivity contribution in [1.82, 2.24) is 0 Å². The summed E-state index contributed by atoms with van der Waals surface area (Å²) in [4.78, 5) is 2.30. The van der Waals surface area contributed by atoms with E-state index in [9.17, 15) is 5.11 Å². The SMILES string of the molecule is CC1(C)c2ccccc2-c2c(O)ccc(N(c3ccc(-c4ccccc4)cc3)c3cccc4c3oc3ccccc34)c21. The highest BCUT2D eigenvalue weighted by Gasteiger charge is 2.40. The number of phenols is 1. The molecular formula is C39H29NO2. The molecule has 0 unspecified atom stereocenters. The van der Waals surface area contributed by atoms with E-state index in [1.54, 1.807) is 0 Å². The summed E-state index contributed by atoms with van der Waals surface area (Å²) in [5.41, 5.74) is 11.0. The second-order valence-corrected chi connectivity index (χ2v) is 11.5. The molecule has 0 saturated heterocycles. The Morgan fingerprint density at radius 3 is 2.12 bits per heavy atom. The zero-order valence-corrected chi connectivity index (χ0v) is 23.5. The lowest BCUT2D eigenvalue weighted by Gasteiger charge is -2.32. The van der Waals surface area contributed by atoms with Gasteiger partial charge in [0.2, 0.25) is 0 Å². The summed E-state index contributed by atoms with van der Waals surface area (Å²) in [5, 5.41) is 13.4. The quantitative estimate of drug-likeness (QED) is 0.240. The summed E-state index contributed by atoms with van der Waals surface area (Å²) in [5.74, 6) is 0.299. The van der Waals surface area contributed by atoms with Gasteiger partial charge in [-0.2, -0.15) is 0 Å². The zero-order valence-electron chi connectivity index (χ0n) is 23.5. The smallest absolute Gasteiger partial charge is 0.159 e.